The molecule has 1 radical (unpaired) electrons. The van der Waals surface area contributed by atoms with Crippen molar-refractivity contribution < 1.29 is 4.74 Å². The zero-order valence-electron chi connectivity index (χ0n) is 7.44. The molecular formula is C11H12NO. The Morgan fingerprint density at radius 3 is 2.77 bits per heavy atom. The molecule has 0 unspecified atom stereocenters. The highest BCUT2D eigenvalue weighted by atomic mass is 16.5. The molecule has 0 bridgehead atoms. The number of benzene rings is 1. The summed E-state index contributed by atoms with van der Waals surface area (Å²) in [6.07, 6.45) is 1.35. The van der Waals surface area contributed by atoms with E-state index < -0.39 is 0 Å². The molecule has 1 aromatic rings. The minimum Gasteiger partial charge on any atom is -0.370 e. The van der Waals surface area contributed by atoms with E-state index in [4.69, 9.17) is 10.00 Å². The molecule has 0 atom stereocenters. The van der Waals surface area contributed by atoms with Crippen LogP contribution in [0.15, 0.2) is 30.3 Å². The Bertz CT molecular complexity index is 263. The molecule has 13 heavy (non-hydrogen) atoms. The molecule has 0 N–H and O–H groups in total. The van der Waals surface area contributed by atoms with Crippen molar-refractivity contribution in [3.8, 4) is 6.07 Å². The Morgan fingerprint density at radius 1 is 1.31 bits per heavy atom. The van der Waals surface area contributed by atoms with Gasteiger partial charge in [0.25, 0.3) is 0 Å². The summed E-state index contributed by atoms with van der Waals surface area (Å²) in [5, 5.41) is 8.27. The highest BCUT2D eigenvalue weighted by molar-refractivity contribution is 5.19. The lowest BCUT2D eigenvalue weighted by atomic mass is 10.2. The van der Waals surface area contributed by atoms with Crippen molar-refractivity contribution in [2.45, 2.75) is 12.8 Å². The first-order valence-corrected chi connectivity index (χ1v) is 4.30. The Morgan fingerprint density at radius 2 is 2.08 bits per heavy atom. The van der Waals surface area contributed by atoms with Gasteiger partial charge < -0.3 is 4.74 Å². The van der Waals surface area contributed by atoms with Crippen LogP contribution in [-0.2, 0) is 4.74 Å². The molecular weight excluding hydrogens is 162 g/mol. The predicted molar refractivity (Wildman–Crippen MR) is 50.6 cm³/mol. The summed E-state index contributed by atoms with van der Waals surface area (Å²) in [5.41, 5.74) is 1.06. The van der Waals surface area contributed by atoms with Crippen LogP contribution in [0.3, 0.4) is 0 Å². The summed E-state index contributed by atoms with van der Waals surface area (Å²) in [4.78, 5) is 0. The minimum atomic E-state index is 0.558. The maximum absolute atomic E-state index is 8.27. The second kappa shape index (κ2) is 6.22. The van der Waals surface area contributed by atoms with Gasteiger partial charge in [0.15, 0.2) is 0 Å². The molecule has 0 aliphatic carbocycles. The monoisotopic (exact) mass is 174 g/mol. The molecule has 0 saturated heterocycles. The van der Waals surface area contributed by atoms with E-state index in [0.717, 1.165) is 12.0 Å². The van der Waals surface area contributed by atoms with E-state index in [2.05, 4.69) is 6.07 Å². The standard InChI is InChI=1S/C11H12NO/c12-8-4-5-9-13-10-11-6-2-1-3-7-11/h1-3,6-7,10H,4-5,9H2. The van der Waals surface area contributed by atoms with E-state index in [1.54, 1.807) is 6.61 Å². The van der Waals surface area contributed by atoms with Crippen LogP contribution in [0.5, 0.6) is 0 Å². The molecule has 2 nitrogen and oxygen atoms in total. The van der Waals surface area contributed by atoms with E-state index in [1.807, 2.05) is 30.3 Å². The number of rotatable bonds is 5. The van der Waals surface area contributed by atoms with Gasteiger partial charge in [0.1, 0.15) is 6.61 Å². The van der Waals surface area contributed by atoms with Gasteiger partial charge in [0, 0.05) is 13.0 Å². The van der Waals surface area contributed by atoms with Crippen molar-refractivity contribution in [3.63, 3.8) is 0 Å². The van der Waals surface area contributed by atoms with E-state index in [0.29, 0.717) is 13.0 Å². The van der Waals surface area contributed by atoms with Gasteiger partial charge in [-0.3, -0.25) is 0 Å². The van der Waals surface area contributed by atoms with Crippen molar-refractivity contribution in [2.75, 3.05) is 6.61 Å². The molecule has 0 spiro atoms. The van der Waals surface area contributed by atoms with Crippen LogP contribution < -0.4 is 0 Å². The van der Waals surface area contributed by atoms with Crippen molar-refractivity contribution >= 4 is 0 Å². The van der Waals surface area contributed by atoms with E-state index >= 15 is 0 Å². The molecule has 0 fully saturated rings. The molecule has 1 rings (SSSR count). The first-order valence-electron chi connectivity index (χ1n) is 4.30. The third kappa shape index (κ3) is 4.29. The maximum Gasteiger partial charge on any atom is 0.113 e. The highest BCUT2D eigenvalue weighted by Gasteiger charge is 1.91. The van der Waals surface area contributed by atoms with Crippen molar-refractivity contribution in [3.05, 3.63) is 42.5 Å². The number of nitriles is 1. The van der Waals surface area contributed by atoms with Gasteiger partial charge in [-0.05, 0) is 12.0 Å². The van der Waals surface area contributed by atoms with Gasteiger partial charge in [-0.1, -0.05) is 30.3 Å². The summed E-state index contributed by atoms with van der Waals surface area (Å²) in [6, 6.07) is 11.9. The second-order valence-corrected chi connectivity index (χ2v) is 2.66. The molecule has 0 saturated carbocycles. The first-order chi connectivity index (χ1) is 6.43. The molecule has 1 aromatic carbocycles. The first kappa shape index (κ1) is 9.76. The fourth-order valence-electron chi connectivity index (χ4n) is 0.921. The van der Waals surface area contributed by atoms with Crippen LogP contribution in [0.4, 0.5) is 0 Å². The number of hydrogen-bond donors (Lipinski definition) is 0. The van der Waals surface area contributed by atoms with Gasteiger partial charge in [-0.25, -0.2) is 0 Å². The summed E-state index contributed by atoms with van der Waals surface area (Å²) in [5.74, 6) is 0. The second-order valence-electron chi connectivity index (χ2n) is 2.66. The average Bonchev–Trinajstić information content (AvgIpc) is 2.19. The van der Waals surface area contributed by atoms with Crippen molar-refractivity contribution in [1.29, 1.82) is 5.26 Å². The fraction of sp³-hybridized carbons (Fsp3) is 0.273. The predicted octanol–water partition coefficient (Wildman–Crippen LogP) is 2.52. The maximum atomic E-state index is 8.27. The van der Waals surface area contributed by atoms with Crippen LogP contribution in [0.1, 0.15) is 18.4 Å². The number of nitrogens with zero attached hydrogens (tertiary/aromatic N) is 1. The molecule has 0 aromatic heterocycles. The normalized spacial score (nSPS) is 9.46. The molecule has 0 aliphatic heterocycles. The van der Waals surface area contributed by atoms with E-state index in [1.165, 1.54) is 0 Å². The van der Waals surface area contributed by atoms with Crippen LogP contribution in [0, 0.1) is 17.9 Å². The molecule has 67 valence electrons. The topological polar surface area (TPSA) is 33.0 Å². The van der Waals surface area contributed by atoms with Gasteiger partial charge in [-0.15, -0.1) is 0 Å². The minimum absolute atomic E-state index is 0.558. The average molecular weight is 174 g/mol. The summed E-state index contributed by atoms with van der Waals surface area (Å²) < 4.78 is 5.25. The number of hydrogen-bond acceptors (Lipinski definition) is 2. The van der Waals surface area contributed by atoms with Crippen LogP contribution in [0.25, 0.3) is 0 Å². The lowest BCUT2D eigenvalue weighted by Crippen LogP contribution is -1.92. The van der Waals surface area contributed by atoms with E-state index in [-0.39, 0.29) is 0 Å². The van der Waals surface area contributed by atoms with Crippen LogP contribution in [-0.4, -0.2) is 6.61 Å². The van der Waals surface area contributed by atoms with E-state index in [9.17, 15) is 0 Å². The molecule has 0 heterocycles. The SMILES string of the molecule is N#CCCCO[CH]c1ccccc1. The zero-order chi connectivity index (χ0) is 9.36. The molecule has 2 heteroatoms. The number of unbranched alkanes of at least 4 members (excludes halogenated alkanes) is 1. The summed E-state index contributed by atoms with van der Waals surface area (Å²) in [6.45, 7) is 2.33. The largest absolute Gasteiger partial charge is 0.370 e. The third-order valence-electron chi connectivity index (χ3n) is 1.57. The highest BCUT2D eigenvalue weighted by Crippen LogP contribution is 2.03. The molecule has 0 aliphatic rings. The quantitative estimate of drug-likeness (QED) is 0.642. The van der Waals surface area contributed by atoms with Gasteiger partial charge in [0.05, 0.1) is 6.07 Å². The number of ether oxygens (including phenoxy) is 1. The Labute approximate surface area is 78.8 Å². The molecule has 0 amide bonds. The Balaban J connectivity index is 2.11. The zero-order valence-corrected chi connectivity index (χ0v) is 7.44. The smallest absolute Gasteiger partial charge is 0.113 e. The van der Waals surface area contributed by atoms with Gasteiger partial charge in [0.2, 0.25) is 0 Å². The van der Waals surface area contributed by atoms with Crippen LogP contribution >= 0.6 is 0 Å². The fourth-order valence-corrected chi connectivity index (χ4v) is 0.921. The Kier molecular flexibility index (Phi) is 4.66. The van der Waals surface area contributed by atoms with Crippen molar-refractivity contribution in [2.24, 2.45) is 0 Å². The van der Waals surface area contributed by atoms with Gasteiger partial charge >= 0.3 is 0 Å². The van der Waals surface area contributed by atoms with Crippen molar-refractivity contribution in [1.82, 2.24) is 0 Å². The third-order valence-corrected chi connectivity index (χ3v) is 1.57. The Hall–Kier alpha value is -1.33. The van der Waals surface area contributed by atoms with Gasteiger partial charge in [-0.2, -0.15) is 5.26 Å². The van der Waals surface area contributed by atoms with Crippen LogP contribution in [0.2, 0.25) is 0 Å². The summed E-state index contributed by atoms with van der Waals surface area (Å²) >= 11 is 0. The lowest BCUT2D eigenvalue weighted by molar-refractivity contribution is 0.209. The summed E-state index contributed by atoms with van der Waals surface area (Å²) in [7, 11) is 0. The lowest BCUT2D eigenvalue weighted by Gasteiger charge is -2.00.